The van der Waals surface area contributed by atoms with E-state index >= 15 is 0 Å². The van der Waals surface area contributed by atoms with Crippen molar-refractivity contribution >= 4 is 11.6 Å². The maximum absolute atomic E-state index is 6.52. The van der Waals surface area contributed by atoms with Crippen LogP contribution >= 0.6 is 11.6 Å². The van der Waals surface area contributed by atoms with Crippen molar-refractivity contribution in [2.24, 2.45) is 0 Å². The van der Waals surface area contributed by atoms with Gasteiger partial charge in [-0.05, 0) is 38.3 Å². The molecule has 2 aromatic carbocycles. The first-order chi connectivity index (χ1) is 8.54. The highest BCUT2D eigenvalue weighted by molar-refractivity contribution is 6.20. The molecule has 94 valence electrons. The molecule has 0 saturated heterocycles. The fourth-order valence-corrected chi connectivity index (χ4v) is 2.54. The van der Waals surface area contributed by atoms with Gasteiger partial charge in [0.15, 0.2) is 0 Å². The molecule has 0 spiro atoms. The van der Waals surface area contributed by atoms with Crippen molar-refractivity contribution in [1.29, 1.82) is 0 Å². The number of alkyl halides is 1. The topological polar surface area (TPSA) is 0 Å². The molecule has 18 heavy (non-hydrogen) atoms. The summed E-state index contributed by atoms with van der Waals surface area (Å²) in [6.45, 7) is 6.34. The van der Waals surface area contributed by atoms with Gasteiger partial charge in [-0.25, -0.2) is 0 Å². The normalized spacial score (nSPS) is 12.4. The SMILES string of the molecule is Cc1ccc(CC(Cl)c2cc(C)cc(C)c2)cc1. The molecule has 0 bridgehead atoms. The summed E-state index contributed by atoms with van der Waals surface area (Å²) in [4.78, 5) is 0. The molecule has 0 heterocycles. The van der Waals surface area contributed by atoms with Gasteiger partial charge in [-0.1, -0.05) is 59.2 Å². The molecule has 0 aliphatic heterocycles. The van der Waals surface area contributed by atoms with E-state index in [0.29, 0.717) is 0 Å². The molecule has 1 unspecified atom stereocenters. The van der Waals surface area contributed by atoms with E-state index in [1.54, 1.807) is 0 Å². The second-order valence-electron chi connectivity index (χ2n) is 5.08. The third-order valence-electron chi connectivity index (χ3n) is 3.14. The zero-order valence-electron chi connectivity index (χ0n) is 11.2. The van der Waals surface area contributed by atoms with Crippen LogP contribution in [0, 0.1) is 20.8 Å². The molecule has 0 radical (unpaired) electrons. The molecule has 0 saturated carbocycles. The highest BCUT2D eigenvalue weighted by Crippen LogP contribution is 2.26. The zero-order chi connectivity index (χ0) is 13.1. The van der Waals surface area contributed by atoms with Crippen molar-refractivity contribution in [3.63, 3.8) is 0 Å². The van der Waals surface area contributed by atoms with Crippen LogP contribution in [-0.2, 0) is 6.42 Å². The van der Waals surface area contributed by atoms with E-state index in [-0.39, 0.29) is 5.38 Å². The van der Waals surface area contributed by atoms with E-state index in [9.17, 15) is 0 Å². The van der Waals surface area contributed by atoms with Crippen LogP contribution in [0.4, 0.5) is 0 Å². The summed E-state index contributed by atoms with van der Waals surface area (Å²) in [5.41, 5.74) is 6.35. The lowest BCUT2D eigenvalue weighted by Crippen LogP contribution is -1.97. The van der Waals surface area contributed by atoms with E-state index in [2.05, 4.69) is 63.2 Å². The Morgan fingerprint density at radius 1 is 0.833 bits per heavy atom. The van der Waals surface area contributed by atoms with Gasteiger partial charge in [0.2, 0.25) is 0 Å². The highest BCUT2D eigenvalue weighted by Gasteiger charge is 2.09. The molecule has 0 N–H and O–H groups in total. The third-order valence-corrected chi connectivity index (χ3v) is 3.55. The van der Waals surface area contributed by atoms with Crippen LogP contribution in [0.1, 0.15) is 33.2 Å². The average molecular weight is 259 g/mol. The number of aryl methyl sites for hydroxylation is 3. The molecule has 2 rings (SSSR count). The molecule has 0 nitrogen and oxygen atoms in total. The summed E-state index contributed by atoms with van der Waals surface area (Å²) in [5, 5.41) is 0.0475. The third kappa shape index (κ3) is 3.36. The van der Waals surface area contributed by atoms with E-state index in [1.165, 1.54) is 27.8 Å². The van der Waals surface area contributed by atoms with E-state index < -0.39 is 0 Å². The van der Waals surface area contributed by atoms with Crippen molar-refractivity contribution in [2.75, 3.05) is 0 Å². The molecule has 0 amide bonds. The van der Waals surface area contributed by atoms with Gasteiger partial charge >= 0.3 is 0 Å². The van der Waals surface area contributed by atoms with Crippen LogP contribution in [-0.4, -0.2) is 0 Å². The predicted molar refractivity (Wildman–Crippen MR) is 79.4 cm³/mol. The second-order valence-corrected chi connectivity index (χ2v) is 5.61. The minimum absolute atomic E-state index is 0.0475. The van der Waals surface area contributed by atoms with E-state index in [1.807, 2.05) is 0 Å². The van der Waals surface area contributed by atoms with E-state index in [4.69, 9.17) is 11.6 Å². The first-order valence-corrected chi connectivity index (χ1v) is 6.76. The lowest BCUT2D eigenvalue weighted by atomic mass is 10.00. The zero-order valence-corrected chi connectivity index (χ0v) is 12.0. The van der Waals surface area contributed by atoms with Crippen LogP contribution in [0.15, 0.2) is 42.5 Å². The lowest BCUT2D eigenvalue weighted by molar-refractivity contribution is 0.915. The van der Waals surface area contributed by atoms with Crippen molar-refractivity contribution in [3.05, 3.63) is 70.3 Å². The van der Waals surface area contributed by atoms with Gasteiger partial charge in [0.25, 0.3) is 0 Å². The maximum atomic E-state index is 6.52. The Balaban J connectivity index is 2.16. The number of benzene rings is 2. The molecule has 0 aliphatic carbocycles. The summed E-state index contributed by atoms with van der Waals surface area (Å²) in [6.07, 6.45) is 0.880. The fourth-order valence-electron chi connectivity index (χ4n) is 2.24. The lowest BCUT2D eigenvalue weighted by Gasteiger charge is -2.12. The molecule has 1 atom stereocenters. The minimum Gasteiger partial charge on any atom is -0.117 e. The van der Waals surface area contributed by atoms with Crippen LogP contribution < -0.4 is 0 Å². The molecule has 0 aliphatic rings. The van der Waals surface area contributed by atoms with Gasteiger partial charge in [0.05, 0.1) is 5.38 Å². The fraction of sp³-hybridized carbons (Fsp3) is 0.294. The molecule has 2 aromatic rings. The Hall–Kier alpha value is -1.27. The standard InChI is InChI=1S/C17H19Cl/c1-12-4-6-15(7-5-12)11-17(18)16-9-13(2)8-14(3)10-16/h4-10,17H,11H2,1-3H3. The Labute approximate surface area is 115 Å². The van der Waals surface area contributed by atoms with Gasteiger partial charge in [0, 0.05) is 0 Å². The Bertz CT molecular complexity index is 506. The van der Waals surface area contributed by atoms with Gasteiger partial charge in [-0.3, -0.25) is 0 Å². The Morgan fingerprint density at radius 3 is 1.94 bits per heavy atom. The monoisotopic (exact) mass is 258 g/mol. The highest BCUT2D eigenvalue weighted by atomic mass is 35.5. The van der Waals surface area contributed by atoms with Crippen LogP contribution in [0.25, 0.3) is 0 Å². The predicted octanol–water partition coefficient (Wildman–Crippen LogP) is 5.13. The van der Waals surface area contributed by atoms with Gasteiger partial charge in [-0.2, -0.15) is 0 Å². The smallest absolute Gasteiger partial charge is 0.0625 e. The second kappa shape index (κ2) is 5.58. The first-order valence-electron chi connectivity index (χ1n) is 6.32. The first kappa shape index (κ1) is 13.2. The molecule has 0 fully saturated rings. The van der Waals surface area contributed by atoms with Crippen LogP contribution in [0.3, 0.4) is 0 Å². The van der Waals surface area contributed by atoms with Crippen molar-refractivity contribution in [1.82, 2.24) is 0 Å². The van der Waals surface area contributed by atoms with Gasteiger partial charge in [0.1, 0.15) is 0 Å². The summed E-state index contributed by atoms with van der Waals surface area (Å²) in [6, 6.07) is 15.1. The number of hydrogen-bond acceptors (Lipinski definition) is 0. The van der Waals surface area contributed by atoms with Gasteiger partial charge < -0.3 is 0 Å². The maximum Gasteiger partial charge on any atom is 0.0625 e. The minimum atomic E-state index is 0.0475. The summed E-state index contributed by atoms with van der Waals surface area (Å²) >= 11 is 6.52. The quantitative estimate of drug-likeness (QED) is 0.669. The molecule has 0 aromatic heterocycles. The molecular weight excluding hydrogens is 240 g/mol. The van der Waals surface area contributed by atoms with Crippen molar-refractivity contribution in [2.45, 2.75) is 32.6 Å². The largest absolute Gasteiger partial charge is 0.117 e. The summed E-state index contributed by atoms with van der Waals surface area (Å²) in [5.74, 6) is 0. The van der Waals surface area contributed by atoms with Crippen molar-refractivity contribution < 1.29 is 0 Å². The summed E-state index contributed by atoms with van der Waals surface area (Å²) in [7, 11) is 0. The van der Waals surface area contributed by atoms with E-state index in [0.717, 1.165) is 6.42 Å². The van der Waals surface area contributed by atoms with Gasteiger partial charge in [-0.15, -0.1) is 11.6 Å². The van der Waals surface area contributed by atoms with Crippen molar-refractivity contribution in [3.8, 4) is 0 Å². The average Bonchev–Trinajstić information content (AvgIpc) is 2.31. The number of hydrogen-bond donors (Lipinski definition) is 0. The Morgan fingerprint density at radius 2 is 1.39 bits per heavy atom. The van der Waals surface area contributed by atoms with Crippen LogP contribution in [0.2, 0.25) is 0 Å². The Kier molecular flexibility index (Phi) is 4.08. The molecular formula is C17H19Cl. The molecule has 1 heteroatoms. The number of rotatable bonds is 3. The summed E-state index contributed by atoms with van der Waals surface area (Å²) < 4.78 is 0. The van der Waals surface area contributed by atoms with Crippen LogP contribution in [0.5, 0.6) is 0 Å². The number of halogens is 1.